The highest BCUT2D eigenvalue weighted by molar-refractivity contribution is 6.08. The smallest absolute Gasteiger partial charge is 0.305 e. The number of rotatable bonds is 5. The van der Waals surface area contributed by atoms with Crippen molar-refractivity contribution in [3.63, 3.8) is 0 Å². The molecule has 0 spiro atoms. The molecule has 2 rings (SSSR count). The van der Waals surface area contributed by atoms with Gasteiger partial charge in [-0.2, -0.15) is 5.10 Å². The summed E-state index contributed by atoms with van der Waals surface area (Å²) >= 11 is 0. The van der Waals surface area contributed by atoms with E-state index in [1.807, 2.05) is 0 Å². The first-order valence-corrected chi connectivity index (χ1v) is 6.39. The molecule has 1 amide bonds. The van der Waals surface area contributed by atoms with Gasteiger partial charge in [0.2, 0.25) is 0 Å². The number of benzene rings is 1. The van der Waals surface area contributed by atoms with E-state index >= 15 is 0 Å². The first-order valence-electron chi connectivity index (χ1n) is 6.39. The summed E-state index contributed by atoms with van der Waals surface area (Å²) in [5.74, 6) is -1.31. The van der Waals surface area contributed by atoms with E-state index in [4.69, 9.17) is 10.8 Å². The number of aliphatic carboxylic acids is 1. The van der Waals surface area contributed by atoms with Crippen molar-refractivity contribution in [2.45, 2.75) is 13.3 Å². The van der Waals surface area contributed by atoms with E-state index in [-0.39, 0.29) is 18.9 Å². The Labute approximate surface area is 121 Å². The number of aromatic nitrogens is 2. The molecule has 0 saturated heterocycles. The number of hydrogen-bond acceptors (Lipinski definition) is 4. The number of nitrogens with one attached hydrogen (secondary N) is 1. The lowest BCUT2D eigenvalue weighted by Gasteiger charge is -2.23. The van der Waals surface area contributed by atoms with Crippen LogP contribution in [0.1, 0.15) is 22.5 Å². The molecule has 2 aromatic rings. The van der Waals surface area contributed by atoms with Crippen molar-refractivity contribution in [3.05, 3.63) is 41.7 Å². The van der Waals surface area contributed by atoms with Gasteiger partial charge in [0.05, 0.1) is 29.6 Å². The molecule has 0 atom stereocenters. The maximum absolute atomic E-state index is 12.6. The number of carboxylic acid groups (broad SMARTS) is 1. The zero-order chi connectivity index (χ0) is 15.4. The number of carboxylic acids is 1. The van der Waals surface area contributed by atoms with Gasteiger partial charge in [0.25, 0.3) is 5.91 Å². The number of nitrogens with two attached hydrogens (primary N) is 1. The Morgan fingerprint density at radius 2 is 2.10 bits per heavy atom. The minimum Gasteiger partial charge on any atom is -0.481 e. The number of amides is 1. The van der Waals surface area contributed by atoms with Crippen LogP contribution >= 0.6 is 0 Å². The summed E-state index contributed by atoms with van der Waals surface area (Å²) < 4.78 is 0. The zero-order valence-electron chi connectivity index (χ0n) is 11.5. The van der Waals surface area contributed by atoms with Crippen LogP contribution in [0.3, 0.4) is 0 Å². The van der Waals surface area contributed by atoms with Crippen molar-refractivity contribution in [3.8, 4) is 0 Å². The Morgan fingerprint density at radius 3 is 2.67 bits per heavy atom. The SMILES string of the molecule is Cc1[nH]ncc1C(=O)N(CCC(=O)O)c1ccccc1N. The van der Waals surface area contributed by atoms with Crippen molar-refractivity contribution in [1.82, 2.24) is 10.2 Å². The van der Waals surface area contributed by atoms with Crippen LogP contribution in [0.2, 0.25) is 0 Å². The van der Waals surface area contributed by atoms with Gasteiger partial charge < -0.3 is 15.7 Å². The molecule has 7 heteroatoms. The summed E-state index contributed by atoms with van der Waals surface area (Å²) in [6, 6.07) is 6.85. The van der Waals surface area contributed by atoms with Gasteiger partial charge in [-0.1, -0.05) is 12.1 Å². The first kappa shape index (κ1) is 14.6. The minimum atomic E-state index is -0.980. The number of nitrogen functional groups attached to an aromatic ring is 1. The van der Waals surface area contributed by atoms with E-state index in [1.165, 1.54) is 11.1 Å². The van der Waals surface area contributed by atoms with E-state index in [1.54, 1.807) is 31.2 Å². The number of anilines is 2. The molecule has 110 valence electrons. The van der Waals surface area contributed by atoms with E-state index in [9.17, 15) is 9.59 Å². The second-order valence-electron chi connectivity index (χ2n) is 4.57. The molecule has 0 radical (unpaired) electrons. The quantitative estimate of drug-likeness (QED) is 0.720. The lowest BCUT2D eigenvalue weighted by molar-refractivity contribution is -0.136. The zero-order valence-corrected chi connectivity index (χ0v) is 11.5. The molecule has 1 aromatic heterocycles. The number of nitrogens with zero attached hydrogens (tertiary/aromatic N) is 2. The van der Waals surface area contributed by atoms with Gasteiger partial charge in [-0.3, -0.25) is 14.7 Å². The predicted molar refractivity (Wildman–Crippen MR) is 78.1 cm³/mol. The fraction of sp³-hybridized carbons (Fsp3) is 0.214. The largest absolute Gasteiger partial charge is 0.481 e. The molecule has 7 nitrogen and oxygen atoms in total. The summed E-state index contributed by atoms with van der Waals surface area (Å²) in [6.07, 6.45) is 1.25. The van der Waals surface area contributed by atoms with Gasteiger partial charge in [0, 0.05) is 12.2 Å². The third-order valence-corrected chi connectivity index (χ3v) is 3.08. The molecule has 1 heterocycles. The van der Waals surface area contributed by atoms with Gasteiger partial charge in [-0.25, -0.2) is 0 Å². The van der Waals surface area contributed by atoms with E-state index in [2.05, 4.69) is 10.2 Å². The fourth-order valence-electron chi connectivity index (χ4n) is 1.98. The van der Waals surface area contributed by atoms with Crippen molar-refractivity contribution < 1.29 is 14.7 Å². The second-order valence-corrected chi connectivity index (χ2v) is 4.57. The second kappa shape index (κ2) is 6.08. The third kappa shape index (κ3) is 3.19. The molecule has 1 aromatic carbocycles. The molecule has 0 aliphatic rings. The Morgan fingerprint density at radius 1 is 1.38 bits per heavy atom. The molecule has 0 fully saturated rings. The Bertz CT molecular complexity index is 666. The monoisotopic (exact) mass is 288 g/mol. The van der Waals surface area contributed by atoms with Gasteiger partial charge in [-0.05, 0) is 19.1 Å². The highest BCUT2D eigenvalue weighted by Crippen LogP contribution is 2.25. The summed E-state index contributed by atoms with van der Waals surface area (Å²) in [7, 11) is 0. The van der Waals surface area contributed by atoms with Gasteiger partial charge in [0.15, 0.2) is 0 Å². The normalized spacial score (nSPS) is 10.3. The highest BCUT2D eigenvalue weighted by Gasteiger charge is 2.22. The Balaban J connectivity index is 2.37. The number of para-hydroxylation sites is 2. The number of aryl methyl sites for hydroxylation is 1. The van der Waals surface area contributed by atoms with Crippen LogP contribution in [0.4, 0.5) is 11.4 Å². The van der Waals surface area contributed by atoms with Crippen LogP contribution in [-0.2, 0) is 4.79 Å². The number of aromatic amines is 1. The van der Waals surface area contributed by atoms with Crippen LogP contribution in [0.15, 0.2) is 30.5 Å². The van der Waals surface area contributed by atoms with E-state index in [0.29, 0.717) is 22.6 Å². The number of H-pyrrole nitrogens is 1. The lowest BCUT2D eigenvalue weighted by atomic mass is 10.1. The minimum absolute atomic E-state index is 0.0347. The van der Waals surface area contributed by atoms with Crippen molar-refractivity contribution >= 4 is 23.3 Å². The average Bonchev–Trinajstić information content (AvgIpc) is 2.86. The van der Waals surface area contributed by atoms with Crippen LogP contribution in [0.25, 0.3) is 0 Å². The Hall–Kier alpha value is -2.83. The topological polar surface area (TPSA) is 112 Å². The molecule has 21 heavy (non-hydrogen) atoms. The van der Waals surface area contributed by atoms with Crippen LogP contribution in [0.5, 0.6) is 0 Å². The van der Waals surface area contributed by atoms with Gasteiger partial charge >= 0.3 is 5.97 Å². The molecule has 0 bridgehead atoms. The summed E-state index contributed by atoms with van der Waals surface area (Å²) in [5, 5.41) is 15.4. The first-order chi connectivity index (χ1) is 10.0. The summed E-state index contributed by atoms with van der Waals surface area (Å²) in [4.78, 5) is 24.8. The van der Waals surface area contributed by atoms with E-state index < -0.39 is 5.97 Å². The summed E-state index contributed by atoms with van der Waals surface area (Å²) in [6.45, 7) is 1.76. The number of hydrogen-bond donors (Lipinski definition) is 3. The molecular weight excluding hydrogens is 272 g/mol. The molecule has 0 unspecified atom stereocenters. The highest BCUT2D eigenvalue weighted by atomic mass is 16.4. The molecule has 0 aliphatic carbocycles. The molecular formula is C14H16N4O3. The summed E-state index contributed by atoms with van der Waals surface area (Å²) in [5.41, 5.74) is 7.81. The molecule has 0 saturated carbocycles. The van der Waals surface area contributed by atoms with Crippen molar-refractivity contribution in [2.24, 2.45) is 0 Å². The number of carbonyl (C=O) groups is 2. The maximum Gasteiger partial charge on any atom is 0.305 e. The fourth-order valence-corrected chi connectivity index (χ4v) is 1.98. The maximum atomic E-state index is 12.6. The van der Waals surface area contributed by atoms with E-state index in [0.717, 1.165) is 0 Å². The standard InChI is InChI=1S/C14H16N4O3/c1-9-10(8-16-17-9)14(21)18(7-6-13(19)20)12-5-3-2-4-11(12)15/h2-5,8H,6-7,15H2,1H3,(H,16,17)(H,19,20). The lowest BCUT2D eigenvalue weighted by Crippen LogP contribution is -2.33. The Kier molecular flexibility index (Phi) is 4.22. The van der Waals surface area contributed by atoms with Crippen LogP contribution in [0, 0.1) is 6.92 Å². The van der Waals surface area contributed by atoms with Crippen molar-refractivity contribution in [1.29, 1.82) is 0 Å². The predicted octanol–water partition coefficient (Wildman–Crippen LogP) is 1.42. The molecule has 4 N–H and O–H groups in total. The van der Waals surface area contributed by atoms with Crippen LogP contribution in [-0.4, -0.2) is 33.7 Å². The van der Waals surface area contributed by atoms with Gasteiger partial charge in [-0.15, -0.1) is 0 Å². The van der Waals surface area contributed by atoms with Crippen LogP contribution < -0.4 is 10.6 Å². The number of carbonyl (C=O) groups excluding carboxylic acids is 1. The molecule has 0 aliphatic heterocycles. The van der Waals surface area contributed by atoms with Crippen molar-refractivity contribution in [2.75, 3.05) is 17.2 Å². The third-order valence-electron chi connectivity index (χ3n) is 3.08. The van der Waals surface area contributed by atoms with Gasteiger partial charge in [0.1, 0.15) is 0 Å². The average molecular weight is 288 g/mol.